The Morgan fingerprint density at radius 1 is 1.26 bits per heavy atom. The fourth-order valence-electron chi connectivity index (χ4n) is 2.39. The summed E-state index contributed by atoms with van der Waals surface area (Å²) in [6, 6.07) is 4.09. The predicted octanol–water partition coefficient (Wildman–Crippen LogP) is 2.63. The van der Waals surface area contributed by atoms with Crippen molar-refractivity contribution >= 4 is 0 Å². The molecule has 0 fully saturated rings. The molecule has 0 radical (unpaired) electrons. The van der Waals surface area contributed by atoms with Gasteiger partial charge in [0, 0.05) is 12.2 Å². The molecule has 0 aliphatic carbocycles. The van der Waals surface area contributed by atoms with Crippen molar-refractivity contribution in [1.29, 1.82) is 0 Å². The maximum Gasteiger partial charge on any atom is 0.126 e. The average Bonchev–Trinajstić information content (AvgIpc) is 2.42. The van der Waals surface area contributed by atoms with Crippen LogP contribution in [0.2, 0.25) is 0 Å². The summed E-state index contributed by atoms with van der Waals surface area (Å²) in [7, 11) is 1.69. The van der Waals surface area contributed by atoms with Crippen LogP contribution in [0.1, 0.15) is 43.0 Å². The van der Waals surface area contributed by atoms with Gasteiger partial charge in [-0.1, -0.05) is 19.1 Å². The van der Waals surface area contributed by atoms with Crippen molar-refractivity contribution in [3.05, 3.63) is 28.8 Å². The van der Waals surface area contributed by atoms with Crippen LogP contribution in [0.3, 0.4) is 0 Å². The monoisotopic (exact) mass is 266 g/mol. The molecule has 4 nitrogen and oxygen atoms in total. The Morgan fingerprint density at radius 3 is 2.42 bits per heavy atom. The van der Waals surface area contributed by atoms with Crippen LogP contribution in [0.15, 0.2) is 12.1 Å². The maximum absolute atomic E-state index is 5.77. The van der Waals surface area contributed by atoms with E-state index in [1.54, 1.807) is 7.11 Å². The number of nitrogens with two attached hydrogens (primary N) is 1. The van der Waals surface area contributed by atoms with E-state index in [9.17, 15) is 0 Å². The highest BCUT2D eigenvalue weighted by atomic mass is 16.5. The summed E-state index contributed by atoms with van der Waals surface area (Å²) in [5.74, 6) is 6.63. The molecule has 0 aliphatic rings. The van der Waals surface area contributed by atoms with Crippen molar-refractivity contribution in [2.75, 3.05) is 13.7 Å². The molecule has 0 aromatic heterocycles. The van der Waals surface area contributed by atoms with Crippen LogP contribution in [0.25, 0.3) is 0 Å². The zero-order valence-corrected chi connectivity index (χ0v) is 12.6. The quantitative estimate of drug-likeness (QED) is 0.588. The van der Waals surface area contributed by atoms with Gasteiger partial charge in [0.1, 0.15) is 5.75 Å². The molecule has 0 amide bonds. The number of hydrogen-bond acceptors (Lipinski definition) is 4. The number of nitrogens with one attached hydrogen (secondary N) is 1. The highest BCUT2D eigenvalue weighted by Crippen LogP contribution is 2.33. The minimum atomic E-state index is -0.0702. The van der Waals surface area contributed by atoms with Crippen LogP contribution in [-0.2, 0) is 4.74 Å². The van der Waals surface area contributed by atoms with Crippen molar-refractivity contribution in [1.82, 2.24) is 5.43 Å². The minimum absolute atomic E-state index is 0.0333. The smallest absolute Gasteiger partial charge is 0.126 e. The normalized spacial score (nSPS) is 14.2. The van der Waals surface area contributed by atoms with Gasteiger partial charge in [-0.05, 0) is 38.3 Å². The van der Waals surface area contributed by atoms with Crippen LogP contribution in [0, 0.1) is 13.8 Å². The second-order valence-electron chi connectivity index (χ2n) is 4.68. The number of ether oxygens (including phenoxy) is 2. The van der Waals surface area contributed by atoms with E-state index in [2.05, 4.69) is 38.3 Å². The lowest BCUT2D eigenvalue weighted by Crippen LogP contribution is -2.38. The summed E-state index contributed by atoms with van der Waals surface area (Å²) in [6.07, 6.45) is 0.921. The number of hydrogen-bond donors (Lipinski definition) is 2. The minimum Gasteiger partial charge on any atom is -0.496 e. The molecule has 0 saturated carbocycles. The molecule has 1 aromatic carbocycles. The lowest BCUT2D eigenvalue weighted by Gasteiger charge is -2.28. The summed E-state index contributed by atoms with van der Waals surface area (Å²) < 4.78 is 11.3. The van der Waals surface area contributed by atoms with Crippen LogP contribution in [-0.4, -0.2) is 19.8 Å². The zero-order chi connectivity index (χ0) is 14.4. The maximum atomic E-state index is 5.77. The van der Waals surface area contributed by atoms with E-state index < -0.39 is 0 Å². The zero-order valence-electron chi connectivity index (χ0n) is 12.6. The fourth-order valence-corrected chi connectivity index (χ4v) is 2.39. The number of benzene rings is 1. The van der Waals surface area contributed by atoms with E-state index in [1.807, 2.05) is 6.92 Å². The van der Waals surface area contributed by atoms with Gasteiger partial charge >= 0.3 is 0 Å². The van der Waals surface area contributed by atoms with Gasteiger partial charge in [-0.15, -0.1) is 0 Å². The van der Waals surface area contributed by atoms with E-state index in [4.69, 9.17) is 15.3 Å². The number of aryl methyl sites for hydroxylation is 1. The Balaban J connectivity index is 3.20. The predicted molar refractivity (Wildman–Crippen MR) is 78.2 cm³/mol. The third kappa shape index (κ3) is 3.47. The van der Waals surface area contributed by atoms with Crippen molar-refractivity contribution < 1.29 is 9.47 Å². The molecule has 2 unspecified atom stereocenters. The Kier molecular flexibility index (Phi) is 6.28. The second kappa shape index (κ2) is 7.48. The van der Waals surface area contributed by atoms with E-state index in [1.165, 1.54) is 5.56 Å². The van der Waals surface area contributed by atoms with Gasteiger partial charge in [-0.3, -0.25) is 11.3 Å². The van der Waals surface area contributed by atoms with E-state index in [-0.39, 0.29) is 12.1 Å². The molecule has 4 heteroatoms. The number of hydrazine groups is 1. The van der Waals surface area contributed by atoms with Gasteiger partial charge in [-0.2, -0.15) is 0 Å². The molecule has 19 heavy (non-hydrogen) atoms. The van der Waals surface area contributed by atoms with Crippen molar-refractivity contribution in [2.45, 2.75) is 46.3 Å². The molecule has 0 spiro atoms. The Hall–Kier alpha value is -1.10. The topological polar surface area (TPSA) is 56.5 Å². The summed E-state index contributed by atoms with van der Waals surface area (Å²) >= 11 is 0. The Labute approximate surface area is 116 Å². The Morgan fingerprint density at radius 2 is 1.95 bits per heavy atom. The second-order valence-corrected chi connectivity index (χ2v) is 4.68. The molecule has 108 valence electrons. The van der Waals surface area contributed by atoms with Crippen LogP contribution in [0.4, 0.5) is 0 Å². The Bertz CT molecular complexity index is 407. The lowest BCUT2D eigenvalue weighted by molar-refractivity contribution is 0.0308. The van der Waals surface area contributed by atoms with Crippen LogP contribution >= 0.6 is 0 Å². The van der Waals surface area contributed by atoms with Crippen LogP contribution in [0.5, 0.6) is 5.75 Å². The van der Waals surface area contributed by atoms with Gasteiger partial charge in [-0.25, -0.2) is 0 Å². The molecule has 3 N–H and O–H groups in total. The summed E-state index contributed by atoms with van der Waals surface area (Å²) in [4.78, 5) is 0. The summed E-state index contributed by atoms with van der Waals surface area (Å²) in [6.45, 7) is 8.90. The molecular weight excluding hydrogens is 240 g/mol. The fraction of sp³-hybridized carbons (Fsp3) is 0.600. The first-order valence-electron chi connectivity index (χ1n) is 6.82. The van der Waals surface area contributed by atoms with E-state index >= 15 is 0 Å². The molecule has 0 saturated heterocycles. The third-order valence-electron chi connectivity index (χ3n) is 3.58. The average molecular weight is 266 g/mol. The van der Waals surface area contributed by atoms with Gasteiger partial charge in [0.25, 0.3) is 0 Å². The highest BCUT2D eigenvalue weighted by Gasteiger charge is 2.25. The molecule has 0 aliphatic heterocycles. The van der Waals surface area contributed by atoms with Crippen molar-refractivity contribution in [3.63, 3.8) is 0 Å². The third-order valence-corrected chi connectivity index (χ3v) is 3.58. The van der Waals surface area contributed by atoms with Crippen LogP contribution < -0.4 is 16.0 Å². The molecule has 0 bridgehead atoms. The lowest BCUT2D eigenvalue weighted by atomic mass is 9.95. The molecule has 1 aromatic rings. The molecule has 0 heterocycles. The number of rotatable bonds is 7. The van der Waals surface area contributed by atoms with Gasteiger partial charge in [0.15, 0.2) is 0 Å². The first-order valence-corrected chi connectivity index (χ1v) is 6.82. The number of methoxy groups -OCH3 is 1. The largest absolute Gasteiger partial charge is 0.496 e. The van der Waals surface area contributed by atoms with E-state index in [0.717, 1.165) is 23.3 Å². The standard InChI is InChI=1S/C15H26N2O2/c1-6-13(19-7-2)14(17-16)12-9-8-10(3)11(4)15(12)18-5/h8-9,13-14,17H,6-7,16H2,1-5H3. The molecular formula is C15H26N2O2. The van der Waals surface area contributed by atoms with Gasteiger partial charge < -0.3 is 9.47 Å². The highest BCUT2D eigenvalue weighted by molar-refractivity contribution is 5.47. The first kappa shape index (κ1) is 16.0. The first-order chi connectivity index (χ1) is 9.10. The van der Waals surface area contributed by atoms with Gasteiger partial charge in [0.2, 0.25) is 0 Å². The molecule has 1 rings (SSSR count). The summed E-state index contributed by atoms with van der Waals surface area (Å²) in [5, 5.41) is 0. The summed E-state index contributed by atoms with van der Waals surface area (Å²) in [5.41, 5.74) is 6.27. The van der Waals surface area contributed by atoms with Crippen molar-refractivity contribution in [3.8, 4) is 5.75 Å². The van der Waals surface area contributed by atoms with E-state index in [0.29, 0.717) is 6.61 Å². The van der Waals surface area contributed by atoms with Gasteiger partial charge in [0.05, 0.1) is 19.3 Å². The SMILES string of the molecule is CCOC(CC)C(NN)c1ccc(C)c(C)c1OC. The van der Waals surface area contributed by atoms with Crippen molar-refractivity contribution in [2.24, 2.45) is 5.84 Å². The molecule has 2 atom stereocenters.